The van der Waals surface area contributed by atoms with Crippen LogP contribution >= 0.6 is 22.6 Å². The Morgan fingerprint density at radius 2 is 2.24 bits per heavy atom. The Morgan fingerprint density at radius 1 is 1.47 bits per heavy atom. The summed E-state index contributed by atoms with van der Waals surface area (Å²) in [7, 11) is 0. The number of carbonyl (C=O) groups excluding carboxylic acids is 1. The second-order valence-corrected chi connectivity index (χ2v) is 4.47. The van der Waals surface area contributed by atoms with Gasteiger partial charge in [0.25, 0.3) is 5.69 Å². The first-order valence-corrected chi connectivity index (χ1v) is 5.64. The maximum absolute atomic E-state index is 10.9. The summed E-state index contributed by atoms with van der Waals surface area (Å²) in [6.07, 6.45) is 3.84. The lowest BCUT2D eigenvalue weighted by molar-refractivity contribution is -0.384. The molecule has 0 aliphatic rings. The van der Waals surface area contributed by atoms with Gasteiger partial charge in [0, 0.05) is 17.8 Å². The number of nitro groups is 1. The zero-order valence-electron chi connectivity index (χ0n) is 8.41. The van der Waals surface area contributed by atoms with Crippen LogP contribution in [0.5, 0.6) is 0 Å². The predicted molar refractivity (Wildman–Crippen MR) is 68.3 cm³/mol. The molecule has 0 N–H and O–H groups in total. The zero-order chi connectivity index (χ0) is 12.4. The van der Waals surface area contributed by atoms with E-state index in [-0.39, 0.29) is 11.3 Å². The average Bonchev–Trinajstić information content (AvgIpc) is 2.75. The summed E-state index contributed by atoms with van der Waals surface area (Å²) in [5.41, 5.74) is 0.458. The SMILES string of the molecule is O=Cc1ccc(-n2cc(I)cn2)c([N+](=O)[O-])c1. The van der Waals surface area contributed by atoms with E-state index < -0.39 is 4.92 Å². The molecule has 1 aromatic carbocycles. The van der Waals surface area contributed by atoms with Gasteiger partial charge in [0.15, 0.2) is 0 Å². The molecule has 2 aromatic rings. The highest BCUT2D eigenvalue weighted by molar-refractivity contribution is 14.1. The Bertz CT molecular complexity index is 594. The van der Waals surface area contributed by atoms with Gasteiger partial charge < -0.3 is 0 Å². The van der Waals surface area contributed by atoms with E-state index in [2.05, 4.69) is 27.7 Å². The first-order valence-electron chi connectivity index (χ1n) is 4.56. The summed E-state index contributed by atoms with van der Waals surface area (Å²) >= 11 is 2.06. The molecule has 7 heteroatoms. The van der Waals surface area contributed by atoms with Crippen LogP contribution in [0.4, 0.5) is 5.69 Å². The molecule has 0 bridgehead atoms. The van der Waals surface area contributed by atoms with Crippen LogP contribution in [0, 0.1) is 13.7 Å². The second kappa shape index (κ2) is 4.62. The van der Waals surface area contributed by atoms with E-state index in [4.69, 9.17) is 0 Å². The van der Waals surface area contributed by atoms with E-state index in [1.165, 1.54) is 22.9 Å². The van der Waals surface area contributed by atoms with Crippen molar-refractivity contribution in [1.29, 1.82) is 0 Å². The second-order valence-electron chi connectivity index (χ2n) is 3.23. The molecule has 17 heavy (non-hydrogen) atoms. The Morgan fingerprint density at radius 3 is 2.76 bits per heavy atom. The van der Waals surface area contributed by atoms with Crippen LogP contribution in [0.3, 0.4) is 0 Å². The fourth-order valence-corrected chi connectivity index (χ4v) is 1.77. The number of halogens is 1. The normalized spacial score (nSPS) is 10.2. The van der Waals surface area contributed by atoms with Gasteiger partial charge in [-0.2, -0.15) is 5.10 Å². The van der Waals surface area contributed by atoms with Crippen molar-refractivity contribution in [3.8, 4) is 5.69 Å². The third kappa shape index (κ3) is 2.33. The molecule has 0 amide bonds. The standard InChI is InChI=1S/C10H6IN3O3/c11-8-4-12-13(5-8)9-2-1-7(6-15)3-10(9)14(16)17/h1-6H. The van der Waals surface area contributed by atoms with Crippen molar-refractivity contribution in [2.24, 2.45) is 0 Å². The number of carbonyl (C=O) groups is 1. The van der Waals surface area contributed by atoms with Gasteiger partial charge in [-0.1, -0.05) is 0 Å². The van der Waals surface area contributed by atoms with Gasteiger partial charge in [-0.3, -0.25) is 14.9 Å². The van der Waals surface area contributed by atoms with Crippen molar-refractivity contribution in [3.05, 3.63) is 49.8 Å². The zero-order valence-corrected chi connectivity index (χ0v) is 10.6. The Kier molecular flexibility index (Phi) is 3.18. The highest BCUT2D eigenvalue weighted by atomic mass is 127. The van der Waals surface area contributed by atoms with Gasteiger partial charge >= 0.3 is 0 Å². The Balaban J connectivity index is 2.61. The summed E-state index contributed by atoms with van der Waals surface area (Å²) < 4.78 is 2.28. The summed E-state index contributed by atoms with van der Waals surface area (Å²) in [6, 6.07) is 4.26. The molecule has 0 unspecified atom stereocenters. The molecule has 0 radical (unpaired) electrons. The van der Waals surface area contributed by atoms with Gasteiger partial charge in [-0.15, -0.1) is 0 Å². The highest BCUT2D eigenvalue weighted by Crippen LogP contribution is 2.23. The smallest absolute Gasteiger partial charge is 0.295 e. The van der Waals surface area contributed by atoms with E-state index >= 15 is 0 Å². The third-order valence-electron chi connectivity index (χ3n) is 2.13. The molecule has 0 spiro atoms. The van der Waals surface area contributed by atoms with E-state index in [1.54, 1.807) is 12.4 Å². The molecule has 0 aliphatic carbocycles. The Labute approximate surface area is 110 Å². The van der Waals surface area contributed by atoms with Crippen molar-refractivity contribution in [2.75, 3.05) is 0 Å². The maximum Gasteiger partial charge on any atom is 0.295 e. The van der Waals surface area contributed by atoms with Gasteiger partial charge in [0.1, 0.15) is 12.0 Å². The van der Waals surface area contributed by atoms with Gasteiger partial charge in [-0.05, 0) is 34.7 Å². The number of aldehydes is 1. The summed E-state index contributed by atoms with van der Waals surface area (Å²) in [5.74, 6) is 0. The lowest BCUT2D eigenvalue weighted by Gasteiger charge is -2.02. The molecule has 0 aliphatic heterocycles. The summed E-state index contributed by atoms with van der Waals surface area (Å²) in [6.45, 7) is 0. The number of nitro benzene ring substituents is 1. The number of hydrogen-bond donors (Lipinski definition) is 0. The molecule has 1 aromatic heterocycles. The molecule has 0 fully saturated rings. The first-order chi connectivity index (χ1) is 8.11. The average molecular weight is 343 g/mol. The number of aromatic nitrogens is 2. The van der Waals surface area contributed by atoms with Crippen LogP contribution < -0.4 is 0 Å². The van der Waals surface area contributed by atoms with Crippen LogP contribution in [0.15, 0.2) is 30.6 Å². The minimum Gasteiger partial charge on any atom is -0.298 e. The largest absolute Gasteiger partial charge is 0.298 e. The van der Waals surface area contributed by atoms with E-state index in [0.717, 1.165) is 3.57 Å². The van der Waals surface area contributed by atoms with Crippen molar-refractivity contribution >= 4 is 34.6 Å². The van der Waals surface area contributed by atoms with E-state index in [0.29, 0.717) is 12.0 Å². The number of hydrogen-bond acceptors (Lipinski definition) is 4. The monoisotopic (exact) mass is 343 g/mol. The molecular formula is C10H6IN3O3. The quantitative estimate of drug-likeness (QED) is 0.370. The van der Waals surface area contributed by atoms with Crippen molar-refractivity contribution in [1.82, 2.24) is 9.78 Å². The van der Waals surface area contributed by atoms with Crippen LogP contribution in [-0.2, 0) is 0 Å². The van der Waals surface area contributed by atoms with Crippen molar-refractivity contribution in [2.45, 2.75) is 0 Å². The van der Waals surface area contributed by atoms with Crippen molar-refractivity contribution in [3.63, 3.8) is 0 Å². The van der Waals surface area contributed by atoms with Crippen LogP contribution in [0.2, 0.25) is 0 Å². The Hall–Kier alpha value is -1.77. The predicted octanol–water partition coefficient (Wildman–Crippen LogP) is 2.20. The lowest BCUT2D eigenvalue weighted by atomic mass is 10.2. The maximum atomic E-state index is 10.9. The molecular weight excluding hydrogens is 337 g/mol. The topological polar surface area (TPSA) is 78.0 Å². The van der Waals surface area contributed by atoms with Gasteiger partial charge in [0.2, 0.25) is 0 Å². The van der Waals surface area contributed by atoms with Crippen LogP contribution in [0.1, 0.15) is 10.4 Å². The van der Waals surface area contributed by atoms with Crippen molar-refractivity contribution < 1.29 is 9.72 Å². The van der Waals surface area contributed by atoms with Crippen LogP contribution in [-0.4, -0.2) is 21.0 Å². The van der Waals surface area contributed by atoms with Gasteiger partial charge in [-0.25, -0.2) is 4.68 Å². The number of rotatable bonds is 3. The minimum absolute atomic E-state index is 0.144. The molecule has 6 nitrogen and oxygen atoms in total. The molecule has 2 rings (SSSR count). The van der Waals surface area contributed by atoms with Gasteiger partial charge in [0.05, 0.1) is 14.7 Å². The van der Waals surface area contributed by atoms with E-state index in [9.17, 15) is 14.9 Å². The minimum atomic E-state index is -0.531. The third-order valence-corrected chi connectivity index (χ3v) is 2.69. The number of nitrogens with zero attached hydrogens (tertiary/aromatic N) is 3. The van der Waals surface area contributed by atoms with Crippen LogP contribution in [0.25, 0.3) is 5.69 Å². The molecule has 0 atom stereocenters. The molecule has 0 saturated carbocycles. The number of benzene rings is 1. The molecule has 86 valence electrons. The molecule has 1 heterocycles. The highest BCUT2D eigenvalue weighted by Gasteiger charge is 2.16. The fraction of sp³-hybridized carbons (Fsp3) is 0. The summed E-state index contributed by atoms with van der Waals surface area (Å²) in [5, 5.41) is 14.9. The van der Waals surface area contributed by atoms with E-state index in [1.807, 2.05) is 0 Å². The first kappa shape index (κ1) is 11.7. The fourth-order valence-electron chi connectivity index (χ4n) is 1.39. The lowest BCUT2D eigenvalue weighted by Crippen LogP contribution is -2.01. The summed E-state index contributed by atoms with van der Waals surface area (Å²) in [4.78, 5) is 21.0. The molecule has 0 saturated heterocycles.